The molecule has 0 atom stereocenters. The van der Waals surface area contributed by atoms with Crippen LogP contribution in [0.25, 0.3) is 0 Å². The van der Waals surface area contributed by atoms with Gasteiger partial charge in [0, 0.05) is 19.2 Å². The van der Waals surface area contributed by atoms with Crippen LogP contribution in [0.1, 0.15) is 19.0 Å². The van der Waals surface area contributed by atoms with Crippen molar-refractivity contribution in [3.63, 3.8) is 0 Å². The summed E-state index contributed by atoms with van der Waals surface area (Å²) >= 11 is 0. The lowest BCUT2D eigenvalue weighted by molar-refractivity contribution is -0.122. The van der Waals surface area contributed by atoms with Crippen LogP contribution in [-0.4, -0.2) is 29.3 Å². The van der Waals surface area contributed by atoms with Crippen LogP contribution in [0, 0.1) is 0 Å². The van der Waals surface area contributed by atoms with E-state index in [1.165, 1.54) is 0 Å². The lowest BCUT2D eigenvalue weighted by Gasteiger charge is -2.03. The summed E-state index contributed by atoms with van der Waals surface area (Å²) in [7, 11) is 0. The molecule has 1 amide bonds. The molecule has 78 valence electrons. The molecule has 0 aliphatic heterocycles. The molecule has 1 aromatic rings. The molecule has 0 bridgehead atoms. The molecular formula is C9H15N3O2. The van der Waals surface area contributed by atoms with E-state index in [9.17, 15) is 4.79 Å². The lowest BCUT2D eigenvalue weighted by atomic mass is 10.4. The minimum Gasteiger partial charge on any atom is -0.381 e. The third-order valence-corrected chi connectivity index (χ3v) is 1.71. The number of amides is 1. The minimum atomic E-state index is -0.00644. The van der Waals surface area contributed by atoms with E-state index in [0.29, 0.717) is 26.2 Å². The molecular weight excluding hydrogens is 182 g/mol. The van der Waals surface area contributed by atoms with Gasteiger partial charge < -0.3 is 10.1 Å². The highest BCUT2D eigenvalue weighted by atomic mass is 16.5. The zero-order valence-electron chi connectivity index (χ0n) is 8.25. The summed E-state index contributed by atoms with van der Waals surface area (Å²) in [4.78, 5) is 11.2. The van der Waals surface area contributed by atoms with Crippen molar-refractivity contribution in [2.24, 2.45) is 0 Å². The first-order valence-corrected chi connectivity index (χ1v) is 4.65. The Labute approximate surface area is 82.8 Å². The molecule has 0 aliphatic carbocycles. The van der Waals surface area contributed by atoms with Crippen molar-refractivity contribution in [3.05, 3.63) is 18.0 Å². The number of nitrogens with zero attached hydrogens (tertiary/aromatic N) is 1. The number of hydrogen-bond donors (Lipinski definition) is 2. The Kier molecular flexibility index (Phi) is 4.71. The average molecular weight is 197 g/mol. The molecule has 1 aromatic heterocycles. The SMILES string of the molecule is CCOCCC(=O)NCc1ccn[nH]1. The molecule has 5 nitrogen and oxygen atoms in total. The summed E-state index contributed by atoms with van der Waals surface area (Å²) in [6.07, 6.45) is 2.06. The van der Waals surface area contributed by atoms with E-state index in [2.05, 4.69) is 15.5 Å². The molecule has 0 saturated heterocycles. The van der Waals surface area contributed by atoms with Gasteiger partial charge in [0.05, 0.1) is 18.8 Å². The third-order valence-electron chi connectivity index (χ3n) is 1.71. The summed E-state index contributed by atoms with van der Waals surface area (Å²) < 4.78 is 5.06. The van der Waals surface area contributed by atoms with Crippen molar-refractivity contribution in [2.45, 2.75) is 19.9 Å². The first kappa shape index (κ1) is 10.7. The topological polar surface area (TPSA) is 67.0 Å². The van der Waals surface area contributed by atoms with Crippen LogP contribution in [0.3, 0.4) is 0 Å². The number of aromatic nitrogens is 2. The number of rotatable bonds is 6. The molecule has 0 aromatic carbocycles. The van der Waals surface area contributed by atoms with Crippen LogP contribution in [0.15, 0.2) is 12.3 Å². The fourth-order valence-electron chi connectivity index (χ4n) is 0.975. The average Bonchev–Trinajstić information content (AvgIpc) is 2.68. The van der Waals surface area contributed by atoms with Gasteiger partial charge in [0.2, 0.25) is 5.91 Å². The molecule has 0 fully saturated rings. The van der Waals surface area contributed by atoms with E-state index in [1.54, 1.807) is 6.20 Å². The van der Waals surface area contributed by atoms with Gasteiger partial charge in [0.1, 0.15) is 0 Å². The third kappa shape index (κ3) is 4.04. The van der Waals surface area contributed by atoms with Crippen LogP contribution >= 0.6 is 0 Å². The molecule has 0 saturated carbocycles. The fourth-order valence-corrected chi connectivity index (χ4v) is 0.975. The van der Waals surface area contributed by atoms with Gasteiger partial charge in [0.25, 0.3) is 0 Å². The van der Waals surface area contributed by atoms with E-state index in [1.807, 2.05) is 13.0 Å². The number of ether oxygens (including phenoxy) is 1. The number of H-pyrrole nitrogens is 1. The van der Waals surface area contributed by atoms with Gasteiger partial charge >= 0.3 is 0 Å². The van der Waals surface area contributed by atoms with Crippen LogP contribution in [-0.2, 0) is 16.1 Å². The van der Waals surface area contributed by atoms with Gasteiger partial charge in [-0.15, -0.1) is 0 Å². The second kappa shape index (κ2) is 6.15. The highest BCUT2D eigenvalue weighted by Crippen LogP contribution is 1.90. The number of carbonyl (C=O) groups excluding carboxylic acids is 1. The second-order valence-electron chi connectivity index (χ2n) is 2.81. The quantitative estimate of drug-likeness (QED) is 0.651. The van der Waals surface area contributed by atoms with Crippen molar-refractivity contribution in [1.29, 1.82) is 0 Å². The first-order chi connectivity index (χ1) is 6.83. The monoisotopic (exact) mass is 197 g/mol. The number of carbonyl (C=O) groups is 1. The molecule has 14 heavy (non-hydrogen) atoms. The molecule has 0 aliphatic rings. The Hall–Kier alpha value is -1.36. The summed E-state index contributed by atoms with van der Waals surface area (Å²) in [6, 6.07) is 1.82. The van der Waals surface area contributed by atoms with Crippen LogP contribution in [0.4, 0.5) is 0 Å². The van der Waals surface area contributed by atoms with E-state index < -0.39 is 0 Å². The largest absolute Gasteiger partial charge is 0.381 e. The summed E-state index contributed by atoms with van der Waals surface area (Å²) in [6.45, 7) is 3.52. The Balaban J connectivity index is 2.09. The van der Waals surface area contributed by atoms with Crippen molar-refractivity contribution in [3.8, 4) is 0 Å². The molecule has 1 rings (SSSR count). The van der Waals surface area contributed by atoms with Gasteiger partial charge in [0.15, 0.2) is 0 Å². The summed E-state index contributed by atoms with van der Waals surface area (Å²) in [5.41, 5.74) is 0.898. The van der Waals surface area contributed by atoms with Gasteiger partial charge in [-0.05, 0) is 13.0 Å². The molecule has 0 unspecified atom stereocenters. The number of nitrogens with one attached hydrogen (secondary N) is 2. The number of hydrogen-bond acceptors (Lipinski definition) is 3. The number of aromatic amines is 1. The highest BCUT2D eigenvalue weighted by Gasteiger charge is 2.00. The van der Waals surface area contributed by atoms with Gasteiger partial charge in [-0.25, -0.2) is 0 Å². The Morgan fingerprint density at radius 3 is 3.21 bits per heavy atom. The molecule has 0 radical (unpaired) electrons. The van der Waals surface area contributed by atoms with Crippen molar-refractivity contribution >= 4 is 5.91 Å². The van der Waals surface area contributed by atoms with E-state index in [-0.39, 0.29) is 5.91 Å². The Morgan fingerprint density at radius 1 is 1.71 bits per heavy atom. The highest BCUT2D eigenvalue weighted by molar-refractivity contribution is 5.75. The van der Waals surface area contributed by atoms with Crippen molar-refractivity contribution in [1.82, 2.24) is 15.5 Å². The van der Waals surface area contributed by atoms with Crippen molar-refractivity contribution < 1.29 is 9.53 Å². The Bertz CT molecular complexity index is 259. The first-order valence-electron chi connectivity index (χ1n) is 4.65. The van der Waals surface area contributed by atoms with Crippen molar-refractivity contribution in [2.75, 3.05) is 13.2 Å². The van der Waals surface area contributed by atoms with Gasteiger partial charge in [-0.3, -0.25) is 9.89 Å². The fraction of sp³-hybridized carbons (Fsp3) is 0.556. The molecule has 1 heterocycles. The van der Waals surface area contributed by atoms with E-state index in [0.717, 1.165) is 5.69 Å². The molecule has 2 N–H and O–H groups in total. The minimum absolute atomic E-state index is 0.00644. The molecule has 0 spiro atoms. The standard InChI is InChI=1S/C9H15N3O2/c1-2-14-6-4-9(13)10-7-8-3-5-11-12-8/h3,5H,2,4,6-7H2,1H3,(H,10,13)(H,11,12). The summed E-state index contributed by atoms with van der Waals surface area (Å²) in [5, 5.41) is 9.29. The predicted octanol–water partition coefficient (Wildman–Crippen LogP) is 0.452. The zero-order valence-corrected chi connectivity index (χ0v) is 8.25. The van der Waals surface area contributed by atoms with Crippen LogP contribution in [0.2, 0.25) is 0 Å². The predicted molar refractivity (Wildman–Crippen MR) is 51.5 cm³/mol. The lowest BCUT2D eigenvalue weighted by Crippen LogP contribution is -2.24. The van der Waals surface area contributed by atoms with Gasteiger partial charge in [-0.1, -0.05) is 0 Å². The van der Waals surface area contributed by atoms with Crippen LogP contribution < -0.4 is 5.32 Å². The van der Waals surface area contributed by atoms with E-state index in [4.69, 9.17) is 4.74 Å². The molecule has 5 heteroatoms. The maximum Gasteiger partial charge on any atom is 0.222 e. The maximum atomic E-state index is 11.2. The zero-order chi connectivity index (χ0) is 10.2. The van der Waals surface area contributed by atoms with E-state index >= 15 is 0 Å². The van der Waals surface area contributed by atoms with Gasteiger partial charge in [-0.2, -0.15) is 5.10 Å². The summed E-state index contributed by atoms with van der Waals surface area (Å²) in [5.74, 6) is -0.00644. The normalized spacial score (nSPS) is 10.1. The maximum absolute atomic E-state index is 11.2. The smallest absolute Gasteiger partial charge is 0.222 e. The Morgan fingerprint density at radius 2 is 2.57 bits per heavy atom. The second-order valence-corrected chi connectivity index (χ2v) is 2.81. The van der Waals surface area contributed by atoms with Crippen LogP contribution in [0.5, 0.6) is 0 Å².